The Morgan fingerprint density at radius 2 is 1.80 bits per heavy atom. The number of methoxy groups -OCH3 is 1. The maximum absolute atomic E-state index is 16.0. The summed E-state index contributed by atoms with van der Waals surface area (Å²) in [6.45, 7) is 6.56. The number of aliphatic carboxylic acids is 1. The highest BCUT2D eigenvalue weighted by Crippen LogP contribution is 2.66. The van der Waals surface area contributed by atoms with E-state index >= 15 is 8.78 Å². The zero-order chi connectivity index (χ0) is 28.4. The van der Waals surface area contributed by atoms with E-state index in [1.807, 2.05) is 31.2 Å². The summed E-state index contributed by atoms with van der Waals surface area (Å²) in [4.78, 5) is 11.8. The number of carbonyl (C=O) groups is 1. The molecule has 6 rings (SSSR count). The molecule has 0 bridgehead atoms. The third-order valence-electron chi connectivity index (χ3n) is 10.1. The van der Waals surface area contributed by atoms with Crippen molar-refractivity contribution in [3.63, 3.8) is 0 Å². The Bertz CT molecular complexity index is 1500. The first-order valence-electron chi connectivity index (χ1n) is 14.2. The summed E-state index contributed by atoms with van der Waals surface area (Å²) in [5.74, 6) is -0.767. The molecule has 1 spiro atoms. The summed E-state index contributed by atoms with van der Waals surface area (Å²) in [5.41, 5.74) is 3.89. The topological polar surface area (TPSA) is 55.8 Å². The molecule has 210 valence electrons. The minimum Gasteiger partial charge on any atom is -0.497 e. The van der Waals surface area contributed by atoms with E-state index in [-0.39, 0.29) is 40.8 Å². The van der Waals surface area contributed by atoms with E-state index in [1.54, 1.807) is 12.1 Å². The van der Waals surface area contributed by atoms with Gasteiger partial charge in [0.05, 0.1) is 13.0 Å². The first-order chi connectivity index (χ1) is 19.1. The van der Waals surface area contributed by atoms with Gasteiger partial charge in [0.25, 0.3) is 0 Å². The fourth-order valence-electron chi connectivity index (χ4n) is 7.85. The van der Waals surface area contributed by atoms with Gasteiger partial charge in [0, 0.05) is 16.5 Å². The Morgan fingerprint density at radius 3 is 2.48 bits per heavy atom. The molecule has 2 fully saturated rings. The number of aryl methyl sites for hydroxylation is 1. The number of hydrogen-bond donors (Lipinski definition) is 1. The van der Waals surface area contributed by atoms with Crippen molar-refractivity contribution in [3.05, 3.63) is 82.4 Å². The highest BCUT2D eigenvalue weighted by Gasteiger charge is 2.68. The highest BCUT2D eigenvalue weighted by atomic mass is 19.1. The smallest absolute Gasteiger partial charge is 0.307 e. The second kappa shape index (κ2) is 9.60. The highest BCUT2D eigenvalue weighted by molar-refractivity contribution is 5.79. The Balaban J connectivity index is 1.34. The lowest BCUT2D eigenvalue weighted by molar-refractivity contribution is -0.139. The first-order valence-corrected chi connectivity index (χ1v) is 14.2. The molecule has 3 unspecified atom stereocenters. The van der Waals surface area contributed by atoms with Crippen LogP contribution in [-0.2, 0) is 23.2 Å². The summed E-state index contributed by atoms with van der Waals surface area (Å²) >= 11 is 0. The van der Waals surface area contributed by atoms with Gasteiger partial charge in [0.2, 0.25) is 0 Å². The fraction of sp³-hybridized carbons (Fsp3) is 0.441. The molecule has 0 aromatic heterocycles. The maximum atomic E-state index is 16.0. The number of carboxylic acid groups (broad SMARTS) is 1. The molecule has 6 heteroatoms. The maximum Gasteiger partial charge on any atom is 0.307 e. The fourth-order valence-corrected chi connectivity index (χ4v) is 7.85. The third-order valence-corrected chi connectivity index (χ3v) is 10.1. The number of halogens is 2. The minimum absolute atomic E-state index is 0.0496. The Hall–Kier alpha value is -3.41. The van der Waals surface area contributed by atoms with Crippen LogP contribution in [0.15, 0.2) is 48.5 Å². The SMILES string of the molecule is COc1ccc(F)c(-c2c(F)cc(COc3ccc4c(c3)C3(CC4)C(C(=O)O)[C@@H]3C)cc2C2CCCC2(C)C)c1. The zero-order valence-corrected chi connectivity index (χ0v) is 23.5. The Morgan fingerprint density at radius 1 is 1.02 bits per heavy atom. The van der Waals surface area contributed by atoms with E-state index in [2.05, 4.69) is 13.8 Å². The normalized spacial score (nSPS) is 26.1. The molecule has 1 N–H and O–H groups in total. The number of carboxylic acids is 1. The van der Waals surface area contributed by atoms with E-state index in [0.29, 0.717) is 22.6 Å². The van der Waals surface area contributed by atoms with Crippen LogP contribution in [0.4, 0.5) is 8.78 Å². The second-order valence-corrected chi connectivity index (χ2v) is 12.6. The van der Waals surface area contributed by atoms with E-state index in [9.17, 15) is 9.90 Å². The van der Waals surface area contributed by atoms with Crippen molar-refractivity contribution in [2.24, 2.45) is 17.3 Å². The zero-order valence-electron chi connectivity index (χ0n) is 23.5. The molecular weight excluding hydrogens is 510 g/mol. The van der Waals surface area contributed by atoms with Gasteiger partial charge in [0.15, 0.2) is 0 Å². The van der Waals surface area contributed by atoms with E-state index in [1.165, 1.54) is 24.8 Å². The van der Waals surface area contributed by atoms with Gasteiger partial charge in [-0.3, -0.25) is 4.79 Å². The average molecular weight is 547 g/mol. The third kappa shape index (κ3) is 4.18. The summed E-state index contributed by atoms with van der Waals surface area (Å²) in [7, 11) is 1.52. The lowest BCUT2D eigenvalue weighted by Crippen LogP contribution is -2.17. The van der Waals surface area contributed by atoms with Crippen LogP contribution in [-0.4, -0.2) is 18.2 Å². The molecule has 3 aromatic carbocycles. The van der Waals surface area contributed by atoms with Crippen molar-refractivity contribution in [1.82, 2.24) is 0 Å². The predicted octanol–water partition coefficient (Wildman–Crippen LogP) is 8.05. The van der Waals surface area contributed by atoms with Crippen molar-refractivity contribution >= 4 is 5.97 Å². The van der Waals surface area contributed by atoms with Crippen LogP contribution in [0, 0.1) is 28.9 Å². The van der Waals surface area contributed by atoms with Gasteiger partial charge in [-0.15, -0.1) is 0 Å². The largest absolute Gasteiger partial charge is 0.497 e. The van der Waals surface area contributed by atoms with Crippen LogP contribution in [0.25, 0.3) is 11.1 Å². The van der Waals surface area contributed by atoms with E-state index < -0.39 is 17.6 Å². The van der Waals surface area contributed by atoms with Crippen molar-refractivity contribution in [2.45, 2.75) is 70.8 Å². The van der Waals surface area contributed by atoms with E-state index in [0.717, 1.165) is 43.2 Å². The number of rotatable bonds is 7. The lowest BCUT2D eigenvalue weighted by Gasteiger charge is -2.30. The van der Waals surface area contributed by atoms with E-state index in [4.69, 9.17) is 9.47 Å². The molecule has 4 atom stereocenters. The number of benzene rings is 3. The molecular formula is C34H36F2O4. The van der Waals surface area contributed by atoms with Gasteiger partial charge in [-0.25, -0.2) is 8.78 Å². The van der Waals surface area contributed by atoms with Crippen LogP contribution in [0.5, 0.6) is 11.5 Å². The van der Waals surface area contributed by atoms with Crippen molar-refractivity contribution in [1.29, 1.82) is 0 Å². The molecule has 2 saturated carbocycles. The van der Waals surface area contributed by atoms with Crippen LogP contribution in [0.1, 0.15) is 74.6 Å². The molecule has 40 heavy (non-hydrogen) atoms. The van der Waals surface area contributed by atoms with Gasteiger partial charge in [-0.2, -0.15) is 0 Å². The molecule has 0 heterocycles. The monoisotopic (exact) mass is 546 g/mol. The molecule has 0 saturated heterocycles. The lowest BCUT2D eigenvalue weighted by atomic mass is 9.75. The summed E-state index contributed by atoms with van der Waals surface area (Å²) in [6.07, 6.45) is 4.68. The molecule has 3 aromatic rings. The molecule has 0 aliphatic heterocycles. The van der Waals surface area contributed by atoms with Crippen LogP contribution in [0.2, 0.25) is 0 Å². The number of hydrogen-bond acceptors (Lipinski definition) is 3. The average Bonchev–Trinajstić information content (AvgIpc) is 3.15. The number of fused-ring (bicyclic) bond motifs is 2. The Labute approximate surface area is 234 Å². The predicted molar refractivity (Wildman–Crippen MR) is 150 cm³/mol. The summed E-state index contributed by atoms with van der Waals surface area (Å²) in [5, 5.41) is 9.73. The molecule has 3 aliphatic rings. The standard InChI is InChI=1S/C34H36F2O4/c1-19-31(32(37)38)34(19)13-11-21-7-8-23(17-27(21)34)40-18-20-14-24(26-6-5-12-33(26,2)3)30(29(36)15-20)25-16-22(39-4)9-10-28(25)35/h7-10,14-17,19,26,31H,5-6,11-13,18H2,1-4H3,(H,37,38)/t19-,26?,31?,34?/m0/s1. The first kappa shape index (κ1) is 26.8. The summed E-state index contributed by atoms with van der Waals surface area (Å²) in [6, 6.07) is 13.8. The molecule has 4 nitrogen and oxygen atoms in total. The minimum atomic E-state index is -0.739. The van der Waals surface area contributed by atoms with Crippen molar-refractivity contribution < 1.29 is 28.2 Å². The summed E-state index contributed by atoms with van der Waals surface area (Å²) < 4.78 is 42.6. The quantitative estimate of drug-likeness (QED) is 0.326. The van der Waals surface area contributed by atoms with Gasteiger partial charge in [0.1, 0.15) is 29.7 Å². The van der Waals surface area contributed by atoms with Crippen LogP contribution in [0.3, 0.4) is 0 Å². The number of ether oxygens (including phenoxy) is 2. The van der Waals surface area contributed by atoms with Crippen LogP contribution >= 0.6 is 0 Å². The Kier molecular flexibility index (Phi) is 6.43. The van der Waals surface area contributed by atoms with Gasteiger partial charge < -0.3 is 14.6 Å². The molecule has 0 amide bonds. The van der Waals surface area contributed by atoms with Gasteiger partial charge in [-0.1, -0.05) is 39.3 Å². The van der Waals surface area contributed by atoms with Gasteiger partial charge in [-0.05, 0) is 102 Å². The molecule has 0 radical (unpaired) electrons. The molecule has 3 aliphatic carbocycles. The van der Waals surface area contributed by atoms with Crippen LogP contribution < -0.4 is 9.47 Å². The van der Waals surface area contributed by atoms with Crippen molar-refractivity contribution in [3.8, 4) is 22.6 Å². The van der Waals surface area contributed by atoms with Crippen molar-refractivity contribution in [2.75, 3.05) is 7.11 Å². The second-order valence-electron chi connectivity index (χ2n) is 12.6. The van der Waals surface area contributed by atoms with Gasteiger partial charge >= 0.3 is 5.97 Å².